The van der Waals surface area contributed by atoms with Crippen LogP contribution in [0, 0.1) is 0 Å². The fourth-order valence-corrected chi connectivity index (χ4v) is 2.94. The second-order valence-electron chi connectivity index (χ2n) is 6.58. The molecule has 1 aromatic carbocycles. The number of nitrogens with two attached hydrogens (primary N) is 1. The summed E-state index contributed by atoms with van der Waals surface area (Å²) in [7, 11) is 0. The van der Waals surface area contributed by atoms with Crippen LogP contribution >= 0.6 is 0 Å². The summed E-state index contributed by atoms with van der Waals surface area (Å²) in [6.07, 6.45) is 2.27. The second kappa shape index (κ2) is 11.5. The minimum Gasteiger partial charge on any atom is -0.378 e. The number of fused-ring (bicyclic) bond motifs is 1. The fourth-order valence-electron chi connectivity index (χ4n) is 2.94. The van der Waals surface area contributed by atoms with Gasteiger partial charge in [-0.1, -0.05) is 12.1 Å². The first-order chi connectivity index (χ1) is 14.3. The molecule has 0 unspecified atom stereocenters. The van der Waals surface area contributed by atoms with E-state index < -0.39 is 0 Å². The van der Waals surface area contributed by atoms with Gasteiger partial charge in [0, 0.05) is 30.5 Å². The Kier molecular flexibility index (Phi) is 8.39. The smallest absolute Gasteiger partial charge is 0.228 e. The van der Waals surface area contributed by atoms with Crippen molar-refractivity contribution in [2.75, 3.05) is 63.4 Å². The molecule has 8 heteroatoms. The summed E-state index contributed by atoms with van der Waals surface area (Å²) in [5.41, 5.74) is 9.28. The summed E-state index contributed by atoms with van der Waals surface area (Å²) in [5, 5.41) is 6.11. The molecule has 29 heavy (non-hydrogen) atoms. The van der Waals surface area contributed by atoms with Crippen molar-refractivity contribution in [3.05, 3.63) is 42.1 Å². The molecule has 0 atom stereocenters. The SMILES string of the molecule is NCCOCCOCCOCCNc1ccc(-c2ccc3c(c2)NC(=O)C3)cn1. The lowest BCUT2D eigenvalue weighted by molar-refractivity contribution is -0.115. The number of amides is 1. The lowest BCUT2D eigenvalue weighted by Crippen LogP contribution is -2.15. The summed E-state index contributed by atoms with van der Waals surface area (Å²) in [5.74, 6) is 0.834. The molecule has 2 heterocycles. The minimum atomic E-state index is 0.0418. The highest BCUT2D eigenvalue weighted by molar-refractivity contribution is 5.99. The number of ether oxygens (including phenoxy) is 3. The Labute approximate surface area is 170 Å². The zero-order valence-electron chi connectivity index (χ0n) is 16.5. The van der Waals surface area contributed by atoms with Crippen molar-refractivity contribution in [2.24, 2.45) is 5.73 Å². The van der Waals surface area contributed by atoms with Crippen LogP contribution in [0.3, 0.4) is 0 Å². The molecule has 1 amide bonds. The first kappa shape index (κ1) is 21.2. The minimum absolute atomic E-state index is 0.0418. The Morgan fingerprint density at radius 2 is 1.69 bits per heavy atom. The molecule has 3 rings (SSSR count). The van der Waals surface area contributed by atoms with Crippen LogP contribution in [-0.4, -0.2) is 63.6 Å². The van der Waals surface area contributed by atoms with Crippen molar-refractivity contribution < 1.29 is 19.0 Å². The van der Waals surface area contributed by atoms with Gasteiger partial charge >= 0.3 is 0 Å². The highest BCUT2D eigenvalue weighted by Gasteiger charge is 2.17. The Balaban J connectivity index is 1.31. The van der Waals surface area contributed by atoms with E-state index >= 15 is 0 Å². The Bertz CT molecular complexity index is 783. The van der Waals surface area contributed by atoms with E-state index in [2.05, 4.69) is 15.6 Å². The van der Waals surface area contributed by atoms with Crippen molar-refractivity contribution in [3.8, 4) is 11.1 Å². The Hall–Kier alpha value is -2.52. The Morgan fingerprint density at radius 3 is 2.41 bits per heavy atom. The summed E-state index contributed by atoms with van der Waals surface area (Å²) >= 11 is 0. The molecule has 4 N–H and O–H groups in total. The van der Waals surface area contributed by atoms with Crippen LogP contribution in [0.15, 0.2) is 36.5 Å². The van der Waals surface area contributed by atoms with Crippen molar-refractivity contribution in [1.29, 1.82) is 0 Å². The maximum Gasteiger partial charge on any atom is 0.228 e. The number of hydrogen-bond acceptors (Lipinski definition) is 7. The standard InChI is InChI=1S/C21H28N4O4/c22-5-7-27-9-11-29-12-10-28-8-6-23-20-4-3-18(15-24-20)16-1-2-17-14-21(26)25-19(17)13-16/h1-4,13,15H,5-12,14,22H2,(H,23,24)(H,25,26). The predicted octanol–water partition coefficient (Wildman–Crippen LogP) is 1.66. The maximum atomic E-state index is 11.5. The van der Waals surface area contributed by atoms with Gasteiger partial charge in [-0.3, -0.25) is 4.79 Å². The van der Waals surface area contributed by atoms with Crippen LogP contribution in [-0.2, 0) is 25.4 Å². The number of pyridine rings is 1. The molecule has 1 aliphatic heterocycles. The number of carbonyl (C=O) groups is 1. The van der Waals surface area contributed by atoms with Crippen molar-refractivity contribution in [3.63, 3.8) is 0 Å². The van der Waals surface area contributed by atoms with Crippen LogP contribution in [0.25, 0.3) is 11.1 Å². The number of carbonyl (C=O) groups excluding carboxylic acids is 1. The summed E-state index contributed by atoms with van der Waals surface area (Å²) in [6, 6.07) is 9.94. The van der Waals surface area contributed by atoms with Crippen LogP contribution in [0.2, 0.25) is 0 Å². The van der Waals surface area contributed by atoms with E-state index in [0.717, 1.165) is 28.2 Å². The number of aromatic nitrogens is 1. The zero-order chi connectivity index (χ0) is 20.3. The average molecular weight is 400 g/mol. The van der Waals surface area contributed by atoms with Gasteiger partial charge in [-0.05, 0) is 29.3 Å². The van der Waals surface area contributed by atoms with Gasteiger partial charge in [0.05, 0.1) is 46.1 Å². The summed E-state index contributed by atoms with van der Waals surface area (Å²) < 4.78 is 16.1. The lowest BCUT2D eigenvalue weighted by Gasteiger charge is -2.09. The largest absolute Gasteiger partial charge is 0.378 e. The number of hydrogen-bond donors (Lipinski definition) is 3. The van der Waals surface area contributed by atoms with E-state index in [4.69, 9.17) is 19.9 Å². The van der Waals surface area contributed by atoms with Crippen molar-refractivity contribution >= 4 is 17.4 Å². The quantitative estimate of drug-likeness (QED) is 0.439. The molecule has 156 valence electrons. The third-order valence-electron chi connectivity index (χ3n) is 4.39. The highest BCUT2D eigenvalue weighted by atomic mass is 16.5. The normalized spacial score (nSPS) is 12.7. The van der Waals surface area contributed by atoms with Gasteiger partial charge in [0.2, 0.25) is 5.91 Å². The van der Waals surface area contributed by atoms with Gasteiger partial charge in [-0.25, -0.2) is 4.98 Å². The van der Waals surface area contributed by atoms with Gasteiger partial charge in [0.15, 0.2) is 0 Å². The third kappa shape index (κ3) is 6.79. The molecule has 1 aromatic heterocycles. The van der Waals surface area contributed by atoms with Crippen LogP contribution in [0.4, 0.5) is 11.5 Å². The Morgan fingerprint density at radius 1 is 0.966 bits per heavy atom. The second-order valence-corrected chi connectivity index (χ2v) is 6.58. The molecule has 0 saturated heterocycles. The van der Waals surface area contributed by atoms with E-state index in [-0.39, 0.29) is 5.91 Å². The molecule has 0 fully saturated rings. The molecule has 1 aliphatic rings. The van der Waals surface area contributed by atoms with E-state index in [0.29, 0.717) is 59.2 Å². The third-order valence-corrected chi connectivity index (χ3v) is 4.39. The topological polar surface area (TPSA) is 108 Å². The van der Waals surface area contributed by atoms with Crippen LogP contribution in [0.5, 0.6) is 0 Å². The van der Waals surface area contributed by atoms with Crippen molar-refractivity contribution in [1.82, 2.24) is 4.98 Å². The number of nitrogens with one attached hydrogen (secondary N) is 2. The molecule has 0 saturated carbocycles. The zero-order valence-corrected chi connectivity index (χ0v) is 16.5. The predicted molar refractivity (Wildman–Crippen MR) is 112 cm³/mol. The van der Waals surface area contributed by atoms with E-state index in [9.17, 15) is 4.79 Å². The summed E-state index contributed by atoms with van der Waals surface area (Å²) in [4.78, 5) is 15.9. The number of anilines is 2. The lowest BCUT2D eigenvalue weighted by atomic mass is 10.0. The number of benzene rings is 1. The van der Waals surface area contributed by atoms with Gasteiger partial charge in [0.25, 0.3) is 0 Å². The van der Waals surface area contributed by atoms with Crippen LogP contribution < -0.4 is 16.4 Å². The van der Waals surface area contributed by atoms with E-state index in [1.54, 1.807) is 0 Å². The first-order valence-electron chi connectivity index (χ1n) is 9.82. The molecule has 8 nitrogen and oxygen atoms in total. The van der Waals surface area contributed by atoms with Gasteiger partial charge in [0.1, 0.15) is 5.82 Å². The van der Waals surface area contributed by atoms with Crippen molar-refractivity contribution in [2.45, 2.75) is 6.42 Å². The monoisotopic (exact) mass is 400 g/mol. The summed E-state index contributed by atoms with van der Waals surface area (Å²) in [6.45, 7) is 4.51. The fraction of sp³-hybridized carbons (Fsp3) is 0.429. The van der Waals surface area contributed by atoms with Gasteiger partial charge in [-0.15, -0.1) is 0 Å². The average Bonchev–Trinajstić information content (AvgIpc) is 3.11. The molecular weight excluding hydrogens is 372 g/mol. The first-order valence-corrected chi connectivity index (χ1v) is 9.82. The molecule has 0 radical (unpaired) electrons. The van der Waals surface area contributed by atoms with E-state index in [1.807, 2.05) is 36.5 Å². The highest BCUT2D eigenvalue weighted by Crippen LogP contribution is 2.29. The molecular formula is C21H28N4O4. The van der Waals surface area contributed by atoms with Crippen LogP contribution in [0.1, 0.15) is 5.56 Å². The number of rotatable bonds is 13. The molecule has 0 aliphatic carbocycles. The molecule has 0 bridgehead atoms. The molecule has 0 spiro atoms. The van der Waals surface area contributed by atoms with Gasteiger partial charge in [-0.2, -0.15) is 0 Å². The number of nitrogens with zero attached hydrogens (tertiary/aromatic N) is 1. The van der Waals surface area contributed by atoms with Gasteiger partial charge < -0.3 is 30.6 Å². The van der Waals surface area contributed by atoms with E-state index in [1.165, 1.54) is 0 Å². The molecule has 2 aromatic rings. The maximum absolute atomic E-state index is 11.5.